The number of methoxy groups -OCH3 is 1. The molecule has 0 aromatic carbocycles. The maximum atomic E-state index is 13.8. The summed E-state index contributed by atoms with van der Waals surface area (Å²) in [6.07, 6.45) is 10.3. The average Bonchev–Trinajstić information content (AvgIpc) is 3.72. The van der Waals surface area contributed by atoms with Gasteiger partial charge in [-0.25, -0.2) is 4.98 Å². The largest absolute Gasteiger partial charge is 0.481 e. The van der Waals surface area contributed by atoms with Crippen LogP contribution < -0.4 is 21.2 Å². The summed E-state index contributed by atoms with van der Waals surface area (Å²) in [5.41, 5.74) is 10.2. The number of likely N-dealkylation sites (tertiary alicyclic amines) is 1. The van der Waals surface area contributed by atoms with Crippen LogP contribution in [0, 0.1) is 53.4 Å². The zero-order valence-corrected chi connectivity index (χ0v) is 44.0. The molecule has 14 heteroatoms. The highest BCUT2D eigenvalue weighted by atomic mass is 32.1. The lowest BCUT2D eigenvalue weighted by molar-refractivity contribution is 0.0740. The van der Waals surface area contributed by atoms with Crippen LogP contribution in [0.15, 0.2) is 40.1 Å². The normalized spacial score (nSPS) is 18.2. The number of aryl methyl sites for hydroxylation is 6. The molecule has 5 aromatic rings. The molecule has 12 nitrogen and oxygen atoms in total. The van der Waals surface area contributed by atoms with E-state index in [-0.39, 0.29) is 22.9 Å². The third kappa shape index (κ3) is 11.2. The highest BCUT2D eigenvalue weighted by molar-refractivity contribution is 7.13. The van der Waals surface area contributed by atoms with Crippen LogP contribution in [0.1, 0.15) is 155 Å². The quantitative estimate of drug-likeness (QED) is 0.119. The molecule has 5 aromatic heterocycles. The fraction of sp³-hybridized carbons (Fsp3) is 0.545. The fourth-order valence-corrected chi connectivity index (χ4v) is 14.5. The van der Waals surface area contributed by atoms with Gasteiger partial charge in [0.05, 0.1) is 31.3 Å². The smallest absolute Gasteiger partial charge is 0.255 e. The highest BCUT2D eigenvalue weighted by Gasteiger charge is 2.35. The summed E-state index contributed by atoms with van der Waals surface area (Å²) < 4.78 is 5.28. The molecule has 4 aliphatic rings. The predicted molar refractivity (Wildman–Crippen MR) is 279 cm³/mol. The van der Waals surface area contributed by atoms with Crippen LogP contribution in [-0.4, -0.2) is 87.8 Å². The Hall–Kier alpha value is -4.89. The summed E-state index contributed by atoms with van der Waals surface area (Å²) >= 11 is 3.72. The van der Waals surface area contributed by atoms with Gasteiger partial charge < -0.3 is 29.8 Å². The maximum Gasteiger partial charge on any atom is 0.255 e. The SMILES string of the molecule is COc1cc(CN2CCC([C@@H](C)c3sc4c(c3C)C(=O)N(Cc3c(C)cc(C)[nH]c3=O)CCC4)CC2)ccn1.Cc1cc(C)c(CN2CCCc3sc([C@H](C)C4CCNCC4)c(C)c3C2=O)c(=O)[nH]1. The van der Waals surface area contributed by atoms with Crippen LogP contribution in [0.3, 0.4) is 0 Å². The van der Waals surface area contributed by atoms with Crippen molar-refractivity contribution >= 4 is 34.5 Å². The molecule has 0 unspecified atom stereocenters. The summed E-state index contributed by atoms with van der Waals surface area (Å²) in [5, 5.41) is 3.46. The number of hydrogen-bond acceptors (Lipinski definition) is 10. The van der Waals surface area contributed by atoms with Gasteiger partial charge in [0, 0.05) is 73.9 Å². The molecule has 0 spiro atoms. The number of nitrogens with one attached hydrogen (secondary N) is 3. The summed E-state index contributed by atoms with van der Waals surface area (Å²) in [6.45, 7) is 24.0. The van der Waals surface area contributed by atoms with Crippen molar-refractivity contribution in [2.75, 3.05) is 46.4 Å². The van der Waals surface area contributed by atoms with Crippen molar-refractivity contribution in [1.29, 1.82) is 0 Å². The minimum absolute atomic E-state index is 0.0768. The second kappa shape index (κ2) is 22.0. The number of hydrogen-bond donors (Lipinski definition) is 3. The number of carbonyl (C=O) groups is 2. The molecule has 2 atom stereocenters. The van der Waals surface area contributed by atoms with Crippen LogP contribution in [0.25, 0.3) is 0 Å². The lowest BCUT2D eigenvalue weighted by atomic mass is 9.83. The molecular weight excluding hydrogens is 903 g/mol. The Kier molecular flexibility index (Phi) is 16.1. The van der Waals surface area contributed by atoms with Gasteiger partial charge in [-0.05, 0) is 189 Å². The van der Waals surface area contributed by atoms with Crippen molar-refractivity contribution in [2.24, 2.45) is 11.8 Å². The first-order valence-corrected chi connectivity index (χ1v) is 26.9. The number of nitrogens with zero attached hydrogens (tertiary/aromatic N) is 4. The number of rotatable bonds is 11. The molecule has 370 valence electrons. The predicted octanol–water partition coefficient (Wildman–Crippen LogP) is 9.42. The zero-order valence-electron chi connectivity index (χ0n) is 42.4. The second-order valence-electron chi connectivity index (χ2n) is 20.3. The molecule has 2 amide bonds. The number of aromatic nitrogens is 3. The van der Waals surface area contributed by atoms with E-state index in [4.69, 9.17) is 4.74 Å². The van der Waals surface area contributed by atoms with Gasteiger partial charge in [-0.15, -0.1) is 22.7 Å². The van der Waals surface area contributed by atoms with E-state index in [0.717, 1.165) is 110 Å². The molecule has 9 heterocycles. The number of amides is 2. The highest BCUT2D eigenvalue weighted by Crippen LogP contribution is 2.43. The van der Waals surface area contributed by atoms with Gasteiger partial charge >= 0.3 is 0 Å². The third-order valence-electron chi connectivity index (χ3n) is 15.5. The number of thiophene rings is 2. The van der Waals surface area contributed by atoms with Crippen molar-refractivity contribution in [3.05, 3.63) is 132 Å². The second-order valence-corrected chi connectivity index (χ2v) is 22.6. The van der Waals surface area contributed by atoms with E-state index in [1.807, 2.05) is 84.6 Å². The number of piperidine rings is 2. The molecule has 9 rings (SSSR count). The number of carbonyl (C=O) groups excluding carboxylic acids is 2. The van der Waals surface area contributed by atoms with Crippen LogP contribution >= 0.6 is 22.7 Å². The van der Waals surface area contributed by atoms with Crippen molar-refractivity contribution in [3.63, 3.8) is 0 Å². The maximum absolute atomic E-state index is 13.8. The van der Waals surface area contributed by atoms with Gasteiger partial charge in [0.1, 0.15) is 0 Å². The van der Waals surface area contributed by atoms with Gasteiger partial charge in [-0.2, -0.15) is 0 Å². The molecule has 0 saturated carbocycles. The topological polar surface area (TPSA) is 144 Å². The van der Waals surface area contributed by atoms with E-state index < -0.39 is 0 Å². The van der Waals surface area contributed by atoms with Crippen LogP contribution in [0.2, 0.25) is 0 Å². The van der Waals surface area contributed by atoms with E-state index in [2.05, 4.69) is 58.9 Å². The fourth-order valence-electron chi connectivity index (χ4n) is 11.5. The molecule has 3 N–H and O–H groups in total. The van der Waals surface area contributed by atoms with E-state index in [1.54, 1.807) is 7.11 Å². The molecule has 0 radical (unpaired) electrons. The first-order chi connectivity index (χ1) is 33.1. The van der Waals surface area contributed by atoms with Crippen LogP contribution in [0.5, 0.6) is 5.88 Å². The average molecular weight is 976 g/mol. The molecular formula is C55H73N7O5S2. The number of aromatic amines is 2. The standard InChI is InChI=1S/C31H40N4O3S.C24H33N3O2S/c1-19-15-20(2)33-30(36)25(19)18-35-12-6-7-26-28(31(35)37)22(4)29(39-26)21(3)24-9-13-34(14-10-24)17-23-8-11-32-27(16-23)38-5;1-14-12-15(2)26-23(28)19(14)13-27-11-5-6-20-21(24(27)29)17(4)22(30-20)16(3)18-7-9-25-10-8-18/h8,11,15-16,21,24H,6-7,9-10,12-14,17-18H2,1-5H3,(H,33,36);12,16,18,25H,5-11,13H2,1-4H3,(H,26,28)/t21-;16-/m11/s1. The van der Waals surface area contributed by atoms with Gasteiger partial charge in [0.2, 0.25) is 5.88 Å². The summed E-state index contributed by atoms with van der Waals surface area (Å²) in [5.74, 6) is 3.05. The number of H-pyrrole nitrogens is 2. The Morgan fingerprint density at radius 2 is 1.14 bits per heavy atom. The van der Waals surface area contributed by atoms with E-state index in [1.165, 1.54) is 43.5 Å². The Morgan fingerprint density at radius 3 is 1.61 bits per heavy atom. The van der Waals surface area contributed by atoms with E-state index >= 15 is 0 Å². The number of fused-ring (bicyclic) bond motifs is 2. The van der Waals surface area contributed by atoms with Crippen LogP contribution in [0.4, 0.5) is 0 Å². The summed E-state index contributed by atoms with van der Waals surface area (Å²) in [6, 6.07) is 8.06. The van der Waals surface area contributed by atoms with Gasteiger partial charge in [0.15, 0.2) is 0 Å². The Bertz CT molecular complexity index is 2770. The molecule has 2 fully saturated rings. The third-order valence-corrected chi connectivity index (χ3v) is 18.6. The van der Waals surface area contributed by atoms with Crippen molar-refractivity contribution in [2.45, 2.75) is 138 Å². The summed E-state index contributed by atoms with van der Waals surface area (Å²) in [4.78, 5) is 74.1. The lowest BCUT2D eigenvalue weighted by Gasteiger charge is -2.35. The van der Waals surface area contributed by atoms with E-state index in [9.17, 15) is 19.2 Å². The Labute approximate surface area is 416 Å². The number of ether oxygens (including phenoxy) is 1. The molecule has 0 aliphatic carbocycles. The lowest BCUT2D eigenvalue weighted by Crippen LogP contribution is -2.35. The van der Waals surface area contributed by atoms with Gasteiger partial charge in [-0.1, -0.05) is 13.8 Å². The Morgan fingerprint density at radius 1 is 0.667 bits per heavy atom. The molecule has 2 saturated heterocycles. The Balaban J connectivity index is 0.000000192. The monoisotopic (exact) mass is 976 g/mol. The van der Waals surface area contributed by atoms with Gasteiger partial charge in [0.25, 0.3) is 22.9 Å². The number of pyridine rings is 3. The van der Waals surface area contributed by atoms with E-state index in [0.29, 0.717) is 66.9 Å². The molecule has 4 aliphatic heterocycles. The van der Waals surface area contributed by atoms with Crippen molar-refractivity contribution in [1.82, 2.24) is 35.0 Å². The molecule has 69 heavy (non-hydrogen) atoms. The zero-order chi connectivity index (χ0) is 49.1. The van der Waals surface area contributed by atoms with Crippen molar-refractivity contribution in [3.8, 4) is 5.88 Å². The van der Waals surface area contributed by atoms with Crippen molar-refractivity contribution < 1.29 is 14.3 Å². The first kappa shape index (κ1) is 50.5. The van der Waals surface area contributed by atoms with Crippen LogP contribution in [-0.2, 0) is 32.5 Å². The molecule has 0 bridgehead atoms. The minimum atomic E-state index is -0.0875. The first-order valence-electron chi connectivity index (χ1n) is 25.2. The summed E-state index contributed by atoms with van der Waals surface area (Å²) in [7, 11) is 1.66. The van der Waals surface area contributed by atoms with Gasteiger partial charge in [-0.3, -0.25) is 24.1 Å². The minimum Gasteiger partial charge on any atom is -0.481 e.